The highest BCUT2D eigenvalue weighted by Crippen LogP contribution is 2.25. The van der Waals surface area contributed by atoms with Crippen LogP contribution in [0.15, 0.2) is 51.8 Å². The average molecular weight is 470 g/mol. The van der Waals surface area contributed by atoms with Crippen LogP contribution in [0.2, 0.25) is 0 Å². The first-order valence-electron chi connectivity index (χ1n) is 8.30. The number of methoxy groups -OCH3 is 1. The van der Waals surface area contributed by atoms with Crippen LogP contribution >= 0.6 is 15.9 Å². The first-order valence-corrected chi connectivity index (χ1v) is 10.6. The molecule has 0 bridgehead atoms. The highest BCUT2D eigenvalue weighted by Gasteiger charge is 2.17. The Bertz CT molecular complexity index is 970. The Morgan fingerprint density at radius 1 is 1.07 bits per heavy atom. The quantitative estimate of drug-likeness (QED) is 0.470. The summed E-state index contributed by atoms with van der Waals surface area (Å²) in [5.74, 6) is -0.519. The van der Waals surface area contributed by atoms with Crippen LogP contribution in [0.25, 0.3) is 0 Å². The minimum atomic E-state index is -3.64. The van der Waals surface area contributed by atoms with Gasteiger partial charge in [0.1, 0.15) is 5.75 Å². The second-order valence-electron chi connectivity index (χ2n) is 6.15. The summed E-state index contributed by atoms with van der Waals surface area (Å²) in [7, 11) is -2.13. The first-order chi connectivity index (χ1) is 13.1. The third-order valence-corrected chi connectivity index (χ3v) is 5.89. The van der Waals surface area contributed by atoms with E-state index in [0.29, 0.717) is 15.8 Å². The van der Waals surface area contributed by atoms with E-state index < -0.39 is 22.6 Å². The molecule has 0 aliphatic heterocycles. The minimum Gasteiger partial charge on any atom is -0.496 e. The van der Waals surface area contributed by atoms with Crippen molar-refractivity contribution >= 4 is 37.7 Å². The fourth-order valence-corrected chi connectivity index (χ4v) is 4.08. The van der Waals surface area contributed by atoms with E-state index in [0.717, 1.165) is 0 Å². The number of Topliss-reactive ketones (excluding diaryl/α,β-unsaturated/α-hetero) is 1. The molecule has 0 aromatic heterocycles. The van der Waals surface area contributed by atoms with Crippen LogP contribution in [0.3, 0.4) is 0 Å². The van der Waals surface area contributed by atoms with E-state index in [-0.39, 0.29) is 22.3 Å². The third-order valence-electron chi connectivity index (χ3n) is 3.60. The second-order valence-corrected chi connectivity index (χ2v) is 8.72. The van der Waals surface area contributed by atoms with Crippen LogP contribution in [-0.2, 0) is 14.8 Å². The lowest BCUT2D eigenvalue weighted by Crippen LogP contribution is -2.30. The van der Waals surface area contributed by atoms with Crippen molar-refractivity contribution in [3.63, 3.8) is 0 Å². The lowest BCUT2D eigenvalue weighted by Gasteiger charge is -2.10. The molecule has 0 spiro atoms. The van der Waals surface area contributed by atoms with Gasteiger partial charge in [-0.1, -0.05) is 0 Å². The number of esters is 1. The minimum absolute atomic E-state index is 0.0388. The number of ether oxygens (including phenoxy) is 2. The molecule has 0 unspecified atom stereocenters. The van der Waals surface area contributed by atoms with Crippen molar-refractivity contribution in [2.45, 2.75) is 24.8 Å². The number of nitrogens with one attached hydrogen (secondary N) is 1. The molecular formula is C19H20BrNO6S. The van der Waals surface area contributed by atoms with E-state index >= 15 is 0 Å². The molecule has 0 atom stereocenters. The fourth-order valence-electron chi connectivity index (χ4n) is 2.29. The van der Waals surface area contributed by atoms with E-state index in [2.05, 4.69) is 20.7 Å². The van der Waals surface area contributed by atoms with Crippen LogP contribution in [0.5, 0.6) is 5.75 Å². The maximum atomic E-state index is 12.2. The number of ketones is 1. The van der Waals surface area contributed by atoms with Gasteiger partial charge in [0.05, 0.1) is 22.0 Å². The summed E-state index contributed by atoms with van der Waals surface area (Å²) in [6, 6.07) is 9.82. The van der Waals surface area contributed by atoms with Crippen molar-refractivity contribution < 1.29 is 27.5 Å². The smallest absolute Gasteiger partial charge is 0.338 e. The maximum absolute atomic E-state index is 12.2. The van der Waals surface area contributed by atoms with Crippen molar-refractivity contribution in [2.24, 2.45) is 0 Å². The lowest BCUT2D eigenvalue weighted by molar-refractivity contribution is 0.0474. The number of halogens is 1. The standard InChI is InChI=1S/C19H20BrNO6S/c1-12(2)21-28(24,25)15-7-4-13(5-8-15)19(23)27-11-17(22)14-6-9-18(26-3)16(20)10-14/h4-10,12,21H,11H2,1-3H3. The Morgan fingerprint density at radius 3 is 2.21 bits per heavy atom. The molecule has 0 heterocycles. The van der Waals surface area contributed by atoms with Gasteiger partial charge in [0.2, 0.25) is 10.0 Å². The predicted molar refractivity (Wildman–Crippen MR) is 107 cm³/mol. The largest absolute Gasteiger partial charge is 0.496 e. The number of carbonyl (C=O) groups excluding carboxylic acids is 2. The lowest BCUT2D eigenvalue weighted by atomic mass is 10.1. The van der Waals surface area contributed by atoms with Crippen LogP contribution in [0.1, 0.15) is 34.6 Å². The molecule has 0 amide bonds. The zero-order valence-electron chi connectivity index (χ0n) is 15.6. The number of hydrogen-bond donors (Lipinski definition) is 1. The molecule has 1 N–H and O–H groups in total. The molecule has 2 aromatic rings. The van der Waals surface area contributed by atoms with Gasteiger partial charge in [0, 0.05) is 11.6 Å². The number of benzene rings is 2. The number of hydrogen-bond acceptors (Lipinski definition) is 6. The normalized spacial score (nSPS) is 11.3. The molecule has 0 aliphatic rings. The molecular weight excluding hydrogens is 450 g/mol. The Labute approximate surface area is 172 Å². The second kappa shape index (κ2) is 9.31. The molecule has 2 aromatic carbocycles. The summed E-state index contributed by atoms with van der Waals surface area (Å²) < 4.78 is 37.4. The number of carbonyl (C=O) groups is 2. The molecule has 7 nitrogen and oxygen atoms in total. The molecule has 0 radical (unpaired) electrons. The summed E-state index contributed by atoms with van der Waals surface area (Å²) >= 11 is 3.29. The van der Waals surface area contributed by atoms with E-state index in [1.54, 1.807) is 32.0 Å². The molecule has 150 valence electrons. The summed E-state index contributed by atoms with van der Waals surface area (Å²) in [5, 5.41) is 0. The predicted octanol–water partition coefficient (Wildman–Crippen LogP) is 3.18. The van der Waals surface area contributed by atoms with Gasteiger partial charge >= 0.3 is 5.97 Å². The Morgan fingerprint density at radius 2 is 1.68 bits per heavy atom. The summed E-state index contributed by atoms with van der Waals surface area (Å²) in [6.45, 7) is 2.98. The molecule has 9 heteroatoms. The highest BCUT2D eigenvalue weighted by molar-refractivity contribution is 9.10. The molecule has 0 aliphatic carbocycles. The molecule has 28 heavy (non-hydrogen) atoms. The van der Waals surface area contributed by atoms with Crippen LogP contribution in [0.4, 0.5) is 0 Å². The zero-order chi connectivity index (χ0) is 20.9. The Hall–Kier alpha value is -2.23. The fraction of sp³-hybridized carbons (Fsp3) is 0.263. The third kappa shape index (κ3) is 5.63. The van der Waals surface area contributed by atoms with Crippen molar-refractivity contribution in [2.75, 3.05) is 13.7 Å². The van der Waals surface area contributed by atoms with Crippen molar-refractivity contribution in [1.29, 1.82) is 0 Å². The van der Waals surface area contributed by atoms with Crippen molar-refractivity contribution in [1.82, 2.24) is 4.72 Å². The summed E-state index contributed by atoms with van der Waals surface area (Å²) in [6.07, 6.45) is 0. The van der Waals surface area contributed by atoms with Gasteiger partial charge < -0.3 is 9.47 Å². The Kier molecular flexibility index (Phi) is 7.34. The van der Waals surface area contributed by atoms with Gasteiger partial charge in [-0.25, -0.2) is 17.9 Å². The van der Waals surface area contributed by atoms with Gasteiger partial charge in [-0.2, -0.15) is 0 Å². The molecule has 2 rings (SSSR count). The molecule has 0 saturated heterocycles. The highest BCUT2D eigenvalue weighted by atomic mass is 79.9. The van der Waals surface area contributed by atoms with E-state index in [9.17, 15) is 18.0 Å². The summed E-state index contributed by atoms with van der Waals surface area (Å²) in [5.41, 5.74) is 0.508. The van der Waals surface area contributed by atoms with Gasteiger partial charge in [-0.15, -0.1) is 0 Å². The van der Waals surface area contributed by atoms with E-state index in [1.165, 1.54) is 31.4 Å². The van der Waals surface area contributed by atoms with Gasteiger partial charge in [-0.05, 0) is 72.2 Å². The van der Waals surface area contributed by atoms with Crippen LogP contribution < -0.4 is 9.46 Å². The van der Waals surface area contributed by atoms with Crippen molar-refractivity contribution in [3.05, 3.63) is 58.1 Å². The zero-order valence-corrected chi connectivity index (χ0v) is 18.0. The van der Waals surface area contributed by atoms with Crippen molar-refractivity contribution in [3.8, 4) is 5.75 Å². The van der Waals surface area contributed by atoms with Gasteiger partial charge in [0.25, 0.3) is 0 Å². The van der Waals surface area contributed by atoms with Crippen LogP contribution in [-0.4, -0.2) is 39.9 Å². The van der Waals surface area contributed by atoms with Crippen LogP contribution in [0, 0.1) is 0 Å². The number of sulfonamides is 1. The maximum Gasteiger partial charge on any atom is 0.338 e. The summed E-state index contributed by atoms with van der Waals surface area (Å²) in [4.78, 5) is 24.4. The van der Waals surface area contributed by atoms with E-state index in [1.807, 2.05) is 0 Å². The van der Waals surface area contributed by atoms with E-state index in [4.69, 9.17) is 9.47 Å². The monoisotopic (exact) mass is 469 g/mol. The SMILES string of the molecule is COc1ccc(C(=O)COC(=O)c2ccc(S(=O)(=O)NC(C)C)cc2)cc1Br. The molecule has 0 saturated carbocycles. The Balaban J connectivity index is 2.01. The molecule has 0 fully saturated rings. The topological polar surface area (TPSA) is 98.8 Å². The van der Waals surface area contributed by atoms with Gasteiger partial charge in [-0.3, -0.25) is 4.79 Å². The average Bonchev–Trinajstić information content (AvgIpc) is 2.64. The van der Waals surface area contributed by atoms with Gasteiger partial charge in [0.15, 0.2) is 12.4 Å². The number of rotatable bonds is 8. The first kappa shape index (κ1) is 22.1.